The van der Waals surface area contributed by atoms with E-state index in [1.54, 1.807) is 10.9 Å². The summed E-state index contributed by atoms with van der Waals surface area (Å²) in [7, 11) is 0. The molecule has 106 valence electrons. The van der Waals surface area contributed by atoms with Crippen molar-refractivity contribution in [2.75, 3.05) is 0 Å². The highest BCUT2D eigenvalue weighted by Gasteiger charge is 2.21. The molecular formula is C16H19ClN2O. The molecule has 0 atom stereocenters. The van der Waals surface area contributed by atoms with Crippen molar-refractivity contribution in [3.63, 3.8) is 0 Å². The zero-order chi connectivity index (χ0) is 14.7. The van der Waals surface area contributed by atoms with Crippen molar-refractivity contribution < 1.29 is 4.79 Å². The number of rotatable bonds is 5. The third-order valence-electron chi connectivity index (χ3n) is 3.68. The molecule has 4 heteroatoms. The Bertz CT molecular complexity index is 615. The van der Waals surface area contributed by atoms with Gasteiger partial charge in [0, 0.05) is 10.9 Å². The van der Waals surface area contributed by atoms with Crippen LogP contribution < -0.4 is 0 Å². The summed E-state index contributed by atoms with van der Waals surface area (Å²) >= 11 is 6.00. The Morgan fingerprint density at radius 1 is 1.35 bits per heavy atom. The number of aromatic nitrogens is 2. The van der Waals surface area contributed by atoms with Gasteiger partial charge in [-0.1, -0.05) is 31.5 Å². The molecule has 0 spiro atoms. The maximum Gasteiger partial charge on any atom is 0.169 e. The smallest absolute Gasteiger partial charge is 0.169 e. The van der Waals surface area contributed by atoms with Gasteiger partial charge < -0.3 is 0 Å². The Morgan fingerprint density at radius 2 is 2.05 bits per heavy atom. The number of hydrogen-bond donors (Lipinski definition) is 0. The first-order chi connectivity index (χ1) is 9.58. The lowest BCUT2D eigenvalue weighted by Crippen LogP contribution is -2.14. The first-order valence-corrected chi connectivity index (χ1v) is 7.31. The summed E-state index contributed by atoms with van der Waals surface area (Å²) in [6, 6.07) is 7.46. The standard InChI is InChI=1S/C16H19ClN2O/c1-4-12(5-2)16(20)15-10-18-19(11(15)3)14-8-6-7-13(17)9-14/h6-10,12H,4-5H2,1-3H3. The highest BCUT2D eigenvalue weighted by atomic mass is 35.5. The van der Waals surface area contributed by atoms with Gasteiger partial charge in [0.05, 0.1) is 23.1 Å². The van der Waals surface area contributed by atoms with E-state index in [0.29, 0.717) is 10.6 Å². The number of benzene rings is 1. The van der Waals surface area contributed by atoms with Crippen LogP contribution in [0.5, 0.6) is 0 Å². The Labute approximate surface area is 124 Å². The van der Waals surface area contributed by atoms with Crippen LogP contribution in [0.25, 0.3) is 5.69 Å². The maximum atomic E-state index is 12.5. The molecule has 0 saturated heterocycles. The number of hydrogen-bond acceptors (Lipinski definition) is 2. The molecule has 1 heterocycles. The first-order valence-electron chi connectivity index (χ1n) is 6.93. The zero-order valence-electron chi connectivity index (χ0n) is 12.1. The molecule has 3 nitrogen and oxygen atoms in total. The number of ketones is 1. The monoisotopic (exact) mass is 290 g/mol. The Balaban J connectivity index is 2.39. The molecule has 0 radical (unpaired) electrons. The fraction of sp³-hybridized carbons (Fsp3) is 0.375. The number of nitrogens with zero attached hydrogens (tertiary/aromatic N) is 2. The van der Waals surface area contributed by atoms with Gasteiger partial charge in [-0.25, -0.2) is 4.68 Å². The van der Waals surface area contributed by atoms with Gasteiger partial charge in [0.15, 0.2) is 5.78 Å². The van der Waals surface area contributed by atoms with E-state index in [0.717, 1.165) is 24.2 Å². The van der Waals surface area contributed by atoms with Gasteiger partial charge in [-0.05, 0) is 38.0 Å². The number of Topliss-reactive ketones (excluding diaryl/α,β-unsaturated/α-hetero) is 1. The third kappa shape index (κ3) is 2.78. The van der Waals surface area contributed by atoms with E-state index >= 15 is 0 Å². The van der Waals surface area contributed by atoms with Gasteiger partial charge in [-0.2, -0.15) is 5.10 Å². The van der Waals surface area contributed by atoms with Crippen molar-refractivity contribution in [2.45, 2.75) is 33.6 Å². The molecule has 0 fully saturated rings. The summed E-state index contributed by atoms with van der Waals surface area (Å²) < 4.78 is 1.77. The van der Waals surface area contributed by atoms with Crippen LogP contribution in [0.1, 0.15) is 42.7 Å². The summed E-state index contributed by atoms with van der Waals surface area (Å²) in [5, 5.41) is 4.99. The normalized spacial score (nSPS) is 11.1. The van der Waals surface area contributed by atoms with E-state index in [1.807, 2.05) is 45.0 Å². The summed E-state index contributed by atoms with van der Waals surface area (Å²) in [5.41, 5.74) is 2.45. The van der Waals surface area contributed by atoms with Crippen LogP contribution in [0, 0.1) is 12.8 Å². The second-order valence-corrected chi connectivity index (χ2v) is 5.35. The van der Waals surface area contributed by atoms with E-state index in [4.69, 9.17) is 11.6 Å². The lowest BCUT2D eigenvalue weighted by Gasteiger charge is -2.11. The summed E-state index contributed by atoms with van der Waals surface area (Å²) in [4.78, 5) is 12.5. The summed E-state index contributed by atoms with van der Waals surface area (Å²) in [6.07, 6.45) is 3.38. The Hall–Kier alpha value is -1.61. The fourth-order valence-electron chi connectivity index (χ4n) is 2.40. The molecular weight excluding hydrogens is 272 g/mol. The van der Waals surface area contributed by atoms with E-state index in [-0.39, 0.29) is 11.7 Å². The predicted molar refractivity (Wildman–Crippen MR) is 81.7 cm³/mol. The van der Waals surface area contributed by atoms with E-state index in [1.165, 1.54) is 0 Å². The van der Waals surface area contributed by atoms with E-state index < -0.39 is 0 Å². The Morgan fingerprint density at radius 3 is 2.65 bits per heavy atom. The molecule has 1 aromatic heterocycles. The molecule has 0 bridgehead atoms. The molecule has 0 N–H and O–H groups in total. The minimum Gasteiger partial charge on any atom is -0.294 e. The maximum absolute atomic E-state index is 12.5. The van der Waals surface area contributed by atoms with Gasteiger partial charge in [0.2, 0.25) is 0 Å². The van der Waals surface area contributed by atoms with Gasteiger partial charge in [-0.3, -0.25) is 4.79 Å². The van der Waals surface area contributed by atoms with Crippen LogP contribution in [-0.4, -0.2) is 15.6 Å². The minimum absolute atomic E-state index is 0.0747. The molecule has 0 aliphatic rings. The molecule has 1 aromatic carbocycles. The van der Waals surface area contributed by atoms with Crippen molar-refractivity contribution >= 4 is 17.4 Å². The summed E-state index contributed by atoms with van der Waals surface area (Å²) in [5.74, 6) is 0.256. The van der Waals surface area contributed by atoms with Crippen LogP contribution in [0.4, 0.5) is 0 Å². The minimum atomic E-state index is 0.0747. The molecule has 0 aliphatic carbocycles. The highest BCUT2D eigenvalue weighted by molar-refractivity contribution is 6.30. The second-order valence-electron chi connectivity index (χ2n) is 4.91. The Kier molecular flexibility index (Phi) is 4.61. The van der Waals surface area contributed by atoms with Crippen molar-refractivity contribution in [2.24, 2.45) is 5.92 Å². The van der Waals surface area contributed by atoms with Crippen LogP contribution in [0.2, 0.25) is 5.02 Å². The molecule has 0 amide bonds. The molecule has 2 rings (SSSR count). The second kappa shape index (κ2) is 6.23. The topological polar surface area (TPSA) is 34.9 Å². The average molecular weight is 291 g/mol. The van der Waals surface area contributed by atoms with Crippen LogP contribution in [-0.2, 0) is 0 Å². The largest absolute Gasteiger partial charge is 0.294 e. The van der Waals surface area contributed by atoms with Gasteiger partial charge >= 0.3 is 0 Å². The first kappa shape index (κ1) is 14.8. The lowest BCUT2D eigenvalue weighted by molar-refractivity contribution is 0.0913. The number of halogens is 1. The molecule has 0 unspecified atom stereocenters. The third-order valence-corrected chi connectivity index (χ3v) is 3.92. The molecule has 0 saturated carbocycles. The van der Waals surface area contributed by atoms with Crippen molar-refractivity contribution in [3.8, 4) is 5.69 Å². The molecule has 0 aliphatic heterocycles. The van der Waals surface area contributed by atoms with E-state index in [9.17, 15) is 4.79 Å². The SMILES string of the molecule is CCC(CC)C(=O)c1cnn(-c2cccc(Cl)c2)c1C. The predicted octanol–water partition coefficient (Wildman–Crippen LogP) is 4.45. The zero-order valence-corrected chi connectivity index (χ0v) is 12.8. The number of carbonyl (C=O) groups excluding carboxylic acids is 1. The lowest BCUT2D eigenvalue weighted by atomic mass is 9.93. The number of carbonyl (C=O) groups is 1. The van der Waals surface area contributed by atoms with Gasteiger partial charge in [0.1, 0.15) is 0 Å². The summed E-state index contributed by atoms with van der Waals surface area (Å²) in [6.45, 7) is 6.01. The van der Waals surface area contributed by atoms with Gasteiger partial charge in [-0.15, -0.1) is 0 Å². The van der Waals surface area contributed by atoms with Crippen molar-refractivity contribution in [1.29, 1.82) is 0 Å². The van der Waals surface area contributed by atoms with Crippen molar-refractivity contribution in [3.05, 3.63) is 46.7 Å². The quantitative estimate of drug-likeness (QED) is 0.762. The van der Waals surface area contributed by atoms with Crippen LogP contribution in [0.3, 0.4) is 0 Å². The average Bonchev–Trinajstić information content (AvgIpc) is 2.81. The van der Waals surface area contributed by atoms with Crippen molar-refractivity contribution in [1.82, 2.24) is 9.78 Å². The van der Waals surface area contributed by atoms with Gasteiger partial charge in [0.25, 0.3) is 0 Å². The van der Waals surface area contributed by atoms with Crippen LogP contribution >= 0.6 is 11.6 Å². The van der Waals surface area contributed by atoms with Crippen LogP contribution in [0.15, 0.2) is 30.5 Å². The molecule has 2 aromatic rings. The highest BCUT2D eigenvalue weighted by Crippen LogP contribution is 2.22. The fourth-order valence-corrected chi connectivity index (χ4v) is 2.58. The van der Waals surface area contributed by atoms with E-state index in [2.05, 4.69) is 5.10 Å². The molecule has 20 heavy (non-hydrogen) atoms.